The lowest BCUT2D eigenvalue weighted by Gasteiger charge is -2.15. The number of benzene rings is 1. The molecule has 2 unspecified atom stereocenters. The van der Waals surface area contributed by atoms with Gasteiger partial charge >= 0.3 is 0 Å². The molecule has 1 rings (SSSR count). The van der Waals surface area contributed by atoms with Crippen LogP contribution < -0.4 is 5.32 Å². The summed E-state index contributed by atoms with van der Waals surface area (Å²) in [5, 5.41) is 12.8. The average molecular weight is 304 g/mol. The Labute approximate surface area is 110 Å². The Morgan fingerprint density at radius 3 is 2.62 bits per heavy atom. The number of thioether (sulfide) groups is 1. The Kier molecular flexibility index (Phi) is 5.83. The van der Waals surface area contributed by atoms with Crippen LogP contribution >= 0.6 is 27.7 Å². The van der Waals surface area contributed by atoms with Crippen molar-refractivity contribution in [2.75, 3.05) is 7.05 Å². The predicted octanol–water partition coefficient (Wildman–Crippen LogP) is 3.03. The van der Waals surface area contributed by atoms with Crippen LogP contribution in [0.4, 0.5) is 0 Å². The lowest BCUT2D eigenvalue weighted by atomic mass is 10.2. The first-order chi connectivity index (χ1) is 7.54. The van der Waals surface area contributed by atoms with E-state index in [0.29, 0.717) is 0 Å². The fourth-order valence-corrected chi connectivity index (χ4v) is 2.87. The first kappa shape index (κ1) is 14.0. The zero-order valence-electron chi connectivity index (χ0n) is 9.83. The zero-order valence-corrected chi connectivity index (χ0v) is 12.2. The molecule has 2 atom stereocenters. The van der Waals surface area contributed by atoms with Gasteiger partial charge in [-0.15, -0.1) is 11.8 Å². The van der Waals surface area contributed by atoms with E-state index in [1.807, 2.05) is 20.9 Å². The summed E-state index contributed by atoms with van der Waals surface area (Å²) in [7, 11) is 1.94. The van der Waals surface area contributed by atoms with Gasteiger partial charge in [0.25, 0.3) is 0 Å². The Morgan fingerprint density at radius 2 is 2.12 bits per heavy atom. The first-order valence-electron chi connectivity index (χ1n) is 5.32. The van der Waals surface area contributed by atoms with Crippen molar-refractivity contribution in [3.05, 3.63) is 28.2 Å². The van der Waals surface area contributed by atoms with Crippen LogP contribution in [0.3, 0.4) is 0 Å². The maximum atomic E-state index is 9.47. The molecule has 1 aromatic rings. The van der Waals surface area contributed by atoms with E-state index < -0.39 is 0 Å². The minimum Gasteiger partial charge on any atom is -0.392 e. The van der Waals surface area contributed by atoms with Gasteiger partial charge in [-0.2, -0.15) is 0 Å². The fourth-order valence-electron chi connectivity index (χ4n) is 1.25. The maximum Gasteiger partial charge on any atom is 0.0631 e. The van der Waals surface area contributed by atoms with Gasteiger partial charge in [0.1, 0.15) is 0 Å². The summed E-state index contributed by atoms with van der Waals surface area (Å²) in [5.74, 6) is 0. The van der Waals surface area contributed by atoms with Gasteiger partial charge in [0.2, 0.25) is 0 Å². The van der Waals surface area contributed by atoms with E-state index in [2.05, 4.69) is 39.4 Å². The third-order valence-electron chi connectivity index (χ3n) is 2.37. The number of hydrogen-bond donors (Lipinski definition) is 2. The van der Waals surface area contributed by atoms with Crippen molar-refractivity contribution in [3.63, 3.8) is 0 Å². The van der Waals surface area contributed by atoms with Crippen molar-refractivity contribution >= 4 is 27.7 Å². The molecule has 0 aliphatic rings. The zero-order chi connectivity index (χ0) is 12.1. The van der Waals surface area contributed by atoms with E-state index in [0.717, 1.165) is 11.0 Å². The van der Waals surface area contributed by atoms with Crippen molar-refractivity contribution in [2.45, 2.75) is 36.6 Å². The largest absolute Gasteiger partial charge is 0.392 e. The fraction of sp³-hybridized carbons (Fsp3) is 0.500. The average Bonchev–Trinajstić information content (AvgIpc) is 2.22. The standard InChI is InChI=1S/C12H18BrNOS/c1-8(15)9(2)16-12-5-4-10(7-14-3)6-11(12)13/h4-6,8-9,14-15H,7H2,1-3H3. The second kappa shape index (κ2) is 6.64. The molecule has 0 bridgehead atoms. The highest BCUT2D eigenvalue weighted by Crippen LogP contribution is 2.32. The molecule has 0 saturated heterocycles. The van der Waals surface area contributed by atoms with Crippen LogP contribution in [0.5, 0.6) is 0 Å². The summed E-state index contributed by atoms with van der Waals surface area (Å²) in [6.45, 7) is 4.72. The molecule has 0 radical (unpaired) electrons. The molecule has 0 aromatic heterocycles. The Bertz CT molecular complexity index is 344. The normalized spacial score (nSPS) is 14.8. The van der Waals surface area contributed by atoms with Crippen molar-refractivity contribution in [1.29, 1.82) is 0 Å². The van der Waals surface area contributed by atoms with E-state index in [9.17, 15) is 5.11 Å². The molecule has 0 heterocycles. The monoisotopic (exact) mass is 303 g/mol. The third kappa shape index (κ3) is 4.09. The van der Waals surface area contributed by atoms with Crippen molar-refractivity contribution in [2.24, 2.45) is 0 Å². The number of halogens is 1. The number of aliphatic hydroxyl groups is 1. The van der Waals surface area contributed by atoms with Crippen molar-refractivity contribution in [1.82, 2.24) is 5.32 Å². The smallest absolute Gasteiger partial charge is 0.0631 e. The molecule has 1 aromatic carbocycles. The lowest BCUT2D eigenvalue weighted by molar-refractivity contribution is 0.196. The highest BCUT2D eigenvalue weighted by molar-refractivity contribution is 9.10. The molecule has 0 fully saturated rings. The van der Waals surface area contributed by atoms with E-state index in [4.69, 9.17) is 0 Å². The van der Waals surface area contributed by atoms with Gasteiger partial charge in [0, 0.05) is 21.2 Å². The number of nitrogens with one attached hydrogen (secondary N) is 1. The van der Waals surface area contributed by atoms with E-state index in [1.165, 1.54) is 10.5 Å². The van der Waals surface area contributed by atoms with Gasteiger partial charge in [-0.05, 0) is 47.6 Å². The van der Waals surface area contributed by atoms with Crippen LogP contribution in [-0.2, 0) is 6.54 Å². The van der Waals surface area contributed by atoms with Crippen molar-refractivity contribution in [3.8, 4) is 0 Å². The van der Waals surface area contributed by atoms with Gasteiger partial charge in [0.15, 0.2) is 0 Å². The molecule has 16 heavy (non-hydrogen) atoms. The number of aliphatic hydroxyl groups excluding tert-OH is 1. The molecule has 0 aliphatic heterocycles. The summed E-state index contributed by atoms with van der Waals surface area (Å²) >= 11 is 5.25. The minimum atomic E-state index is -0.297. The quantitative estimate of drug-likeness (QED) is 0.820. The van der Waals surface area contributed by atoms with E-state index in [-0.39, 0.29) is 11.4 Å². The summed E-state index contributed by atoms with van der Waals surface area (Å²) in [5.41, 5.74) is 1.25. The SMILES string of the molecule is CNCc1ccc(SC(C)C(C)O)c(Br)c1. The van der Waals surface area contributed by atoms with Crippen LogP contribution in [0.2, 0.25) is 0 Å². The minimum absolute atomic E-state index is 0.200. The van der Waals surface area contributed by atoms with Gasteiger partial charge in [0.05, 0.1) is 6.10 Å². The second-order valence-corrected chi connectivity index (χ2v) is 6.13. The maximum absolute atomic E-state index is 9.47. The molecule has 2 nitrogen and oxygen atoms in total. The van der Waals surface area contributed by atoms with Gasteiger partial charge in [-0.25, -0.2) is 0 Å². The molecule has 90 valence electrons. The van der Waals surface area contributed by atoms with Gasteiger partial charge < -0.3 is 10.4 Å². The molecule has 2 N–H and O–H groups in total. The van der Waals surface area contributed by atoms with E-state index >= 15 is 0 Å². The van der Waals surface area contributed by atoms with Gasteiger partial charge in [-0.1, -0.05) is 13.0 Å². The number of hydrogen-bond acceptors (Lipinski definition) is 3. The summed E-state index contributed by atoms with van der Waals surface area (Å²) in [4.78, 5) is 1.17. The molecule has 4 heteroatoms. The summed E-state index contributed by atoms with van der Waals surface area (Å²) in [6, 6.07) is 6.33. The summed E-state index contributed by atoms with van der Waals surface area (Å²) in [6.07, 6.45) is -0.297. The molecular weight excluding hydrogens is 286 g/mol. The molecule has 0 aliphatic carbocycles. The van der Waals surface area contributed by atoms with E-state index in [1.54, 1.807) is 11.8 Å². The van der Waals surface area contributed by atoms with Crippen LogP contribution in [0, 0.1) is 0 Å². The molecule has 0 spiro atoms. The second-order valence-electron chi connectivity index (χ2n) is 3.86. The van der Waals surface area contributed by atoms with Crippen LogP contribution in [0.25, 0.3) is 0 Å². The molecule has 0 amide bonds. The van der Waals surface area contributed by atoms with Crippen LogP contribution in [0.15, 0.2) is 27.6 Å². The Balaban J connectivity index is 2.75. The highest BCUT2D eigenvalue weighted by atomic mass is 79.9. The van der Waals surface area contributed by atoms with Crippen molar-refractivity contribution < 1.29 is 5.11 Å². The third-order valence-corrected chi connectivity index (χ3v) is 4.66. The summed E-state index contributed by atoms with van der Waals surface area (Å²) < 4.78 is 1.10. The van der Waals surface area contributed by atoms with Gasteiger partial charge in [-0.3, -0.25) is 0 Å². The molecular formula is C12H18BrNOS. The topological polar surface area (TPSA) is 32.3 Å². The Hall–Kier alpha value is -0.0300. The molecule has 0 saturated carbocycles. The first-order valence-corrected chi connectivity index (χ1v) is 6.99. The number of rotatable bonds is 5. The lowest BCUT2D eigenvalue weighted by Crippen LogP contribution is -2.14. The predicted molar refractivity (Wildman–Crippen MR) is 73.9 cm³/mol. The van der Waals surface area contributed by atoms with Crippen LogP contribution in [-0.4, -0.2) is 23.5 Å². The van der Waals surface area contributed by atoms with Crippen LogP contribution in [0.1, 0.15) is 19.4 Å². The Morgan fingerprint density at radius 1 is 1.44 bits per heavy atom. The highest BCUT2D eigenvalue weighted by Gasteiger charge is 2.12.